The van der Waals surface area contributed by atoms with Gasteiger partial charge in [0.05, 0.1) is 0 Å². The zero-order chi connectivity index (χ0) is 16.7. The second-order valence-electron chi connectivity index (χ2n) is 4.80. The van der Waals surface area contributed by atoms with Crippen molar-refractivity contribution in [2.24, 2.45) is 0 Å². The average molecular weight is 346 g/mol. The van der Waals surface area contributed by atoms with Gasteiger partial charge in [0, 0.05) is 11.4 Å². The van der Waals surface area contributed by atoms with Gasteiger partial charge in [-0.3, -0.25) is 9.59 Å². The molecule has 0 aliphatic rings. The van der Waals surface area contributed by atoms with Crippen molar-refractivity contribution in [2.75, 3.05) is 23.1 Å². The van der Waals surface area contributed by atoms with Gasteiger partial charge < -0.3 is 10.6 Å². The van der Waals surface area contributed by atoms with Gasteiger partial charge in [-0.1, -0.05) is 47.8 Å². The standard InChI is InChI=1S/C17H18N2O2S2/c1-22-16(20)18-14-7-3-12(4-8-14)11-13-5-9-15(10-6-13)19-17(21)23-2/h3-10H,11H2,1-2H3,(H,18,20)(H,19,21). The highest BCUT2D eigenvalue weighted by atomic mass is 32.2. The SMILES string of the molecule is CSC(=O)Nc1ccc(Cc2ccc(NC(=O)SC)cc2)cc1. The van der Waals surface area contributed by atoms with E-state index in [1.165, 1.54) is 0 Å². The number of thioether (sulfide) groups is 2. The molecule has 2 amide bonds. The molecular weight excluding hydrogens is 328 g/mol. The van der Waals surface area contributed by atoms with Crippen LogP contribution in [-0.4, -0.2) is 23.0 Å². The highest BCUT2D eigenvalue weighted by Gasteiger charge is 2.02. The van der Waals surface area contributed by atoms with Crippen molar-refractivity contribution in [2.45, 2.75) is 6.42 Å². The average Bonchev–Trinajstić information content (AvgIpc) is 2.58. The summed E-state index contributed by atoms with van der Waals surface area (Å²) in [5.74, 6) is 0. The minimum atomic E-state index is -0.0689. The first-order chi connectivity index (χ1) is 11.1. The van der Waals surface area contributed by atoms with E-state index in [0.29, 0.717) is 0 Å². The maximum atomic E-state index is 11.3. The molecule has 2 aromatic carbocycles. The molecule has 0 heterocycles. The van der Waals surface area contributed by atoms with Crippen molar-refractivity contribution >= 4 is 45.4 Å². The smallest absolute Gasteiger partial charge is 0.283 e. The van der Waals surface area contributed by atoms with Gasteiger partial charge >= 0.3 is 0 Å². The number of rotatable bonds is 4. The molecule has 0 atom stereocenters. The molecule has 0 aliphatic carbocycles. The van der Waals surface area contributed by atoms with Gasteiger partial charge in [0.1, 0.15) is 0 Å². The zero-order valence-corrected chi connectivity index (χ0v) is 14.6. The number of anilines is 2. The van der Waals surface area contributed by atoms with Crippen molar-refractivity contribution in [3.8, 4) is 0 Å². The van der Waals surface area contributed by atoms with Crippen LogP contribution in [0.25, 0.3) is 0 Å². The van der Waals surface area contributed by atoms with Gasteiger partial charge in [-0.2, -0.15) is 0 Å². The first-order valence-electron chi connectivity index (χ1n) is 6.98. The fourth-order valence-electron chi connectivity index (χ4n) is 1.99. The molecule has 0 unspecified atom stereocenters. The van der Waals surface area contributed by atoms with Crippen LogP contribution in [0.5, 0.6) is 0 Å². The van der Waals surface area contributed by atoms with Crippen molar-refractivity contribution in [3.05, 3.63) is 59.7 Å². The summed E-state index contributed by atoms with van der Waals surface area (Å²) in [7, 11) is 0. The molecule has 6 heteroatoms. The van der Waals surface area contributed by atoms with Gasteiger partial charge in [0.25, 0.3) is 10.5 Å². The summed E-state index contributed by atoms with van der Waals surface area (Å²) in [5.41, 5.74) is 3.91. The van der Waals surface area contributed by atoms with Crippen LogP contribution in [-0.2, 0) is 6.42 Å². The van der Waals surface area contributed by atoms with Crippen LogP contribution in [0, 0.1) is 0 Å². The van der Waals surface area contributed by atoms with Crippen molar-refractivity contribution in [1.29, 1.82) is 0 Å². The lowest BCUT2D eigenvalue weighted by atomic mass is 10.0. The Morgan fingerprint density at radius 2 is 1.09 bits per heavy atom. The molecule has 0 aliphatic heterocycles. The van der Waals surface area contributed by atoms with Gasteiger partial charge in [-0.05, 0) is 54.3 Å². The van der Waals surface area contributed by atoms with E-state index in [4.69, 9.17) is 0 Å². The normalized spacial score (nSPS) is 10.2. The van der Waals surface area contributed by atoms with Crippen LogP contribution in [0.2, 0.25) is 0 Å². The van der Waals surface area contributed by atoms with E-state index in [1.807, 2.05) is 48.5 Å². The van der Waals surface area contributed by atoms with Crippen LogP contribution in [0.15, 0.2) is 48.5 Å². The molecule has 0 fully saturated rings. The number of carbonyl (C=O) groups is 2. The zero-order valence-electron chi connectivity index (χ0n) is 13.0. The molecule has 4 nitrogen and oxygen atoms in total. The Morgan fingerprint density at radius 3 is 1.39 bits per heavy atom. The lowest BCUT2D eigenvalue weighted by Crippen LogP contribution is -2.04. The molecule has 2 aromatic rings. The Labute approximate surface area is 144 Å². The van der Waals surface area contributed by atoms with E-state index in [1.54, 1.807) is 12.5 Å². The number of hydrogen-bond donors (Lipinski definition) is 2. The van der Waals surface area contributed by atoms with E-state index < -0.39 is 0 Å². The summed E-state index contributed by atoms with van der Waals surface area (Å²) in [6.07, 6.45) is 4.29. The van der Waals surface area contributed by atoms with Crippen LogP contribution in [0.4, 0.5) is 21.0 Å². The second kappa shape index (κ2) is 8.64. The second-order valence-corrected chi connectivity index (χ2v) is 6.36. The minimum Gasteiger partial charge on any atom is -0.317 e. The van der Waals surface area contributed by atoms with Gasteiger partial charge in [-0.25, -0.2) is 0 Å². The van der Waals surface area contributed by atoms with E-state index in [-0.39, 0.29) is 10.5 Å². The van der Waals surface area contributed by atoms with E-state index in [2.05, 4.69) is 10.6 Å². The lowest BCUT2D eigenvalue weighted by Gasteiger charge is -2.07. The third kappa shape index (κ3) is 5.65. The maximum Gasteiger partial charge on any atom is 0.283 e. The fraction of sp³-hybridized carbons (Fsp3) is 0.176. The fourth-order valence-corrected chi connectivity index (χ4v) is 2.43. The molecule has 2 rings (SSSR count). The van der Waals surface area contributed by atoms with Crippen LogP contribution < -0.4 is 10.6 Å². The lowest BCUT2D eigenvalue weighted by molar-refractivity contribution is 0.269. The first-order valence-corrected chi connectivity index (χ1v) is 9.43. The monoisotopic (exact) mass is 346 g/mol. The highest BCUT2D eigenvalue weighted by molar-refractivity contribution is 8.13. The van der Waals surface area contributed by atoms with E-state index in [0.717, 1.165) is 52.4 Å². The topological polar surface area (TPSA) is 58.2 Å². The van der Waals surface area contributed by atoms with E-state index in [9.17, 15) is 9.59 Å². The molecule has 0 spiro atoms. The molecule has 0 aromatic heterocycles. The summed E-state index contributed by atoms with van der Waals surface area (Å²) in [5, 5.41) is 5.45. The molecule has 120 valence electrons. The summed E-state index contributed by atoms with van der Waals surface area (Å²) in [4.78, 5) is 22.6. The van der Waals surface area contributed by atoms with Crippen molar-refractivity contribution in [1.82, 2.24) is 0 Å². The van der Waals surface area contributed by atoms with Gasteiger partial charge in [0.15, 0.2) is 0 Å². The molecule has 2 N–H and O–H groups in total. The van der Waals surface area contributed by atoms with Crippen LogP contribution in [0.1, 0.15) is 11.1 Å². The Kier molecular flexibility index (Phi) is 6.55. The molecule has 0 saturated carbocycles. The molecular formula is C17H18N2O2S2. The number of carbonyl (C=O) groups excluding carboxylic acids is 2. The minimum absolute atomic E-state index is 0.0689. The first kappa shape index (κ1) is 17.4. The quantitative estimate of drug-likeness (QED) is 0.812. The largest absolute Gasteiger partial charge is 0.317 e. The van der Waals surface area contributed by atoms with Crippen molar-refractivity contribution in [3.63, 3.8) is 0 Å². The van der Waals surface area contributed by atoms with Crippen LogP contribution >= 0.6 is 23.5 Å². The number of nitrogens with one attached hydrogen (secondary N) is 2. The highest BCUT2D eigenvalue weighted by Crippen LogP contribution is 2.17. The summed E-state index contributed by atoms with van der Waals surface area (Å²) >= 11 is 2.30. The van der Waals surface area contributed by atoms with E-state index >= 15 is 0 Å². The number of amides is 2. The Morgan fingerprint density at radius 1 is 0.739 bits per heavy atom. The Balaban J connectivity index is 1.96. The number of hydrogen-bond acceptors (Lipinski definition) is 4. The molecule has 0 bridgehead atoms. The van der Waals surface area contributed by atoms with Crippen LogP contribution in [0.3, 0.4) is 0 Å². The summed E-state index contributed by atoms with van der Waals surface area (Å²) in [6.45, 7) is 0. The third-order valence-electron chi connectivity index (χ3n) is 3.18. The predicted molar refractivity (Wildman–Crippen MR) is 101 cm³/mol. The summed E-state index contributed by atoms with van der Waals surface area (Å²) in [6, 6.07) is 15.6. The Hall–Kier alpha value is -1.92. The molecule has 0 saturated heterocycles. The Bertz CT molecular complexity index is 610. The maximum absolute atomic E-state index is 11.3. The summed E-state index contributed by atoms with van der Waals surface area (Å²) < 4.78 is 0. The third-order valence-corrected chi connectivity index (χ3v) is 4.13. The van der Waals surface area contributed by atoms with Gasteiger partial charge in [0.2, 0.25) is 0 Å². The molecule has 0 radical (unpaired) electrons. The molecule has 23 heavy (non-hydrogen) atoms. The predicted octanol–water partition coefficient (Wildman–Crippen LogP) is 5.07. The van der Waals surface area contributed by atoms with Crippen molar-refractivity contribution < 1.29 is 9.59 Å². The van der Waals surface area contributed by atoms with Gasteiger partial charge in [-0.15, -0.1) is 0 Å². The number of benzene rings is 2.